The highest BCUT2D eigenvalue weighted by atomic mass is 16.5. The monoisotopic (exact) mass is 314 g/mol. The minimum atomic E-state index is -0.526. The van der Waals surface area contributed by atoms with Gasteiger partial charge >= 0.3 is 0 Å². The Bertz CT molecular complexity index is 694. The fourth-order valence-electron chi connectivity index (χ4n) is 3.01. The Morgan fingerprint density at radius 1 is 1.30 bits per heavy atom. The summed E-state index contributed by atoms with van der Waals surface area (Å²) in [5.41, 5.74) is 2.44. The second-order valence-electron chi connectivity index (χ2n) is 6.52. The molecule has 1 aromatic carbocycles. The molecular formula is C17H22N4O2. The summed E-state index contributed by atoms with van der Waals surface area (Å²) >= 11 is 0. The average Bonchev–Trinajstić information content (AvgIpc) is 2.98. The molecule has 1 aliphatic heterocycles. The van der Waals surface area contributed by atoms with Crippen LogP contribution in [0.3, 0.4) is 0 Å². The molecule has 0 unspecified atom stereocenters. The van der Waals surface area contributed by atoms with Gasteiger partial charge in [0.15, 0.2) is 0 Å². The molecule has 0 bridgehead atoms. The Balaban J connectivity index is 1.81. The van der Waals surface area contributed by atoms with E-state index in [2.05, 4.69) is 10.3 Å². The number of carbonyl (C=O) groups is 1. The predicted molar refractivity (Wildman–Crippen MR) is 86.1 cm³/mol. The van der Waals surface area contributed by atoms with E-state index in [9.17, 15) is 4.79 Å². The lowest BCUT2D eigenvalue weighted by molar-refractivity contribution is -0.144. The molecule has 2 heterocycles. The molecule has 0 fully saturated rings. The van der Waals surface area contributed by atoms with Gasteiger partial charge in [0.25, 0.3) is 0 Å². The highest BCUT2D eigenvalue weighted by molar-refractivity contribution is 5.82. The van der Waals surface area contributed by atoms with Crippen molar-refractivity contribution in [3.05, 3.63) is 41.7 Å². The average molecular weight is 314 g/mol. The van der Waals surface area contributed by atoms with Gasteiger partial charge < -0.3 is 9.64 Å². The van der Waals surface area contributed by atoms with Gasteiger partial charge in [-0.1, -0.05) is 23.4 Å². The molecule has 6 heteroatoms. The quantitative estimate of drug-likeness (QED) is 0.864. The van der Waals surface area contributed by atoms with E-state index in [1.807, 2.05) is 53.8 Å². The van der Waals surface area contributed by atoms with E-state index in [1.165, 1.54) is 0 Å². The first-order valence-corrected chi connectivity index (χ1v) is 7.80. The molecule has 0 atom stereocenters. The molecule has 6 nitrogen and oxygen atoms in total. The minimum absolute atomic E-state index is 0.0965. The van der Waals surface area contributed by atoms with Crippen molar-refractivity contribution < 1.29 is 9.53 Å². The Morgan fingerprint density at radius 2 is 2.04 bits per heavy atom. The molecule has 1 aliphatic rings. The van der Waals surface area contributed by atoms with Crippen LogP contribution in [0.25, 0.3) is 5.69 Å². The topological polar surface area (TPSA) is 60.2 Å². The molecule has 3 rings (SSSR count). The number of para-hydroxylation sites is 1. The highest BCUT2D eigenvalue weighted by Gasteiger charge is 2.35. The van der Waals surface area contributed by atoms with Crippen molar-refractivity contribution in [1.29, 1.82) is 0 Å². The van der Waals surface area contributed by atoms with Crippen LogP contribution in [0.15, 0.2) is 30.3 Å². The molecular weight excluding hydrogens is 292 g/mol. The van der Waals surface area contributed by atoms with Crippen LogP contribution in [0.1, 0.15) is 25.2 Å². The zero-order valence-electron chi connectivity index (χ0n) is 13.8. The van der Waals surface area contributed by atoms with Crippen molar-refractivity contribution in [2.45, 2.75) is 26.8 Å². The lowest BCUT2D eigenvalue weighted by atomic mass is 9.92. The number of rotatable bonds is 4. The summed E-state index contributed by atoms with van der Waals surface area (Å²) in [5.74, 6) is 0.0965. The molecule has 0 spiro atoms. The molecule has 0 radical (unpaired) electrons. The number of fused-ring (bicyclic) bond motifs is 1. The van der Waals surface area contributed by atoms with Crippen LogP contribution in [0.4, 0.5) is 0 Å². The van der Waals surface area contributed by atoms with Crippen molar-refractivity contribution in [3.63, 3.8) is 0 Å². The highest BCUT2D eigenvalue weighted by Crippen LogP contribution is 2.25. The van der Waals surface area contributed by atoms with E-state index in [0.29, 0.717) is 19.7 Å². The molecule has 0 saturated carbocycles. The molecule has 122 valence electrons. The van der Waals surface area contributed by atoms with Gasteiger partial charge in [0.05, 0.1) is 29.9 Å². The number of hydrogen-bond donors (Lipinski definition) is 0. The first-order valence-electron chi connectivity index (χ1n) is 7.80. The number of nitrogens with zero attached hydrogens (tertiary/aromatic N) is 4. The summed E-state index contributed by atoms with van der Waals surface area (Å²) in [5, 5.41) is 8.55. The zero-order chi connectivity index (χ0) is 16.4. The van der Waals surface area contributed by atoms with E-state index in [4.69, 9.17) is 4.74 Å². The van der Waals surface area contributed by atoms with Gasteiger partial charge in [0, 0.05) is 20.1 Å². The molecule has 0 saturated heterocycles. The third-order valence-electron chi connectivity index (χ3n) is 4.17. The molecule has 1 aromatic heterocycles. The number of hydrogen-bond acceptors (Lipinski definition) is 4. The second kappa shape index (κ2) is 6.12. The summed E-state index contributed by atoms with van der Waals surface area (Å²) in [6, 6.07) is 9.96. The standard InChI is InChI=1S/C17H22N4O2/c1-17(2,12-23-3)16(22)20-10-9-15-14(11-20)18-19-21(15)13-7-5-4-6-8-13/h4-8H,9-12H2,1-3H3. The predicted octanol–water partition coefficient (Wildman–Crippen LogP) is 1.82. The molecule has 1 amide bonds. The van der Waals surface area contributed by atoms with E-state index < -0.39 is 5.41 Å². The first kappa shape index (κ1) is 15.7. The zero-order valence-corrected chi connectivity index (χ0v) is 13.8. The molecule has 0 N–H and O–H groups in total. The van der Waals surface area contributed by atoms with Gasteiger partial charge in [-0.3, -0.25) is 4.79 Å². The van der Waals surface area contributed by atoms with E-state index >= 15 is 0 Å². The fourth-order valence-corrected chi connectivity index (χ4v) is 3.01. The normalized spacial score (nSPS) is 14.7. The van der Waals surface area contributed by atoms with E-state index in [1.54, 1.807) is 7.11 Å². The molecule has 2 aromatic rings. The van der Waals surface area contributed by atoms with Crippen molar-refractivity contribution in [2.75, 3.05) is 20.3 Å². The van der Waals surface area contributed by atoms with Crippen LogP contribution >= 0.6 is 0 Å². The number of carbonyl (C=O) groups excluding carboxylic acids is 1. The van der Waals surface area contributed by atoms with Crippen LogP contribution in [-0.2, 0) is 22.5 Å². The maximum Gasteiger partial charge on any atom is 0.230 e. The van der Waals surface area contributed by atoms with Crippen LogP contribution in [0.5, 0.6) is 0 Å². The van der Waals surface area contributed by atoms with Crippen molar-refractivity contribution in [2.24, 2.45) is 5.41 Å². The molecule has 23 heavy (non-hydrogen) atoms. The molecule has 0 aliphatic carbocycles. The van der Waals surface area contributed by atoms with Gasteiger partial charge in [0.2, 0.25) is 5.91 Å². The lowest BCUT2D eigenvalue weighted by Crippen LogP contribution is -2.45. The van der Waals surface area contributed by atoms with Crippen molar-refractivity contribution in [3.8, 4) is 5.69 Å². The number of methoxy groups -OCH3 is 1. The van der Waals surface area contributed by atoms with Crippen LogP contribution < -0.4 is 0 Å². The minimum Gasteiger partial charge on any atom is -0.384 e. The lowest BCUT2D eigenvalue weighted by Gasteiger charge is -2.33. The SMILES string of the molecule is COCC(C)(C)C(=O)N1CCc2c(nnn2-c2ccccc2)C1. The number of amides is 1. The van der Waals surface area contributed by atoms with Crippen molar-refractivity contribution in [1.82, 2.24) is 19.9 Å². The van der Waals surface area contributed by atoms with Crippen LogP contribution in [0, 0.1) is 5.41 Å². The summed E-state index contributed by atoms with van der Waals surface area (Å²) < 4.78 is 7.04. The maximum absolute atomic E-state index is 12.7. The Hall–Kier alpha value is -2.21. The maximum atomic E-state index is 12.7. The van der Waals surface area contributed by atoms with Crippen molar-refractivity contribution >= 4 is 5.91 Å². The largest absolute Gasteiger partial charge is 0.384 e. The smallest absolute Gasteiger partial charge is 0.230 e. The number of benzene rings is 1. The second-order valence-corrected chi connectivity index (χ2v) is 6.52. The number of ether oxygens (including phenoxy) is 1. The van der Waals surface area contributed by atoms with Crippen LogP contribution in [-0.4, -0.2) is 46.1 Å². The number of aromatic nitrogens is 3. The van der Waals surface area contributed by atoms with Gasteiger partial charge in [-0.2, -0.15) is 0 Å². The van der Waals surface area contributed by atoms with Gasteiger partial charge in [-0.15, -0.1) is 5.10 Å². The third kappa shape index (κ3) is 2.99. The van der Waals surface area contributed by atoms with Gasteiger partial charge in [-0.25, -0.2) is 4.68 Å². The Labute approximate surface area is 136 Å². The fraction of sp³-hybridized carbons (Fsp3) is 0.471. The first-order chi connectivity index (χ1) is 11.0. The third-order valence-corrected chi connectivity index (χ3v) is 4.17. The Morgan fingerprint density at radius 3 is 2.74 bits per heavy atom. The van der Waals surface area contributed by atoms with Gasteiger partial charge in [0.1, 0.15) is 5.69 Å². The van der Waals surface area contributed by atoms with E-state index in [0.717, 1.165) is 23.5 Å². The summed E-state index contributed by atoms with van der Waals surface area (Å²) in [4.78, 5) is 14.5. The summed E-state index contributed by atoms with van der Waals surface area (Å²) in [7, 11) is 1.62. The summed E-state index contributed by atoms with van der Waals surface area (Å²) in [6.45, 7) is 5.42. The van der Waals surface area contributed by atoms with Gasteiger partial charge in [-0.05, 0) is 26.0 Å². The summed E-state index contributed by atoms with van der Waals surface area (Å²) in [6.07, 6.45) is 0.756. The van der Waals surface area contributed by atoms with E-state index in [-0.39, 0.29) is 5.91 Å². The van der Waals surface area contributed by atoms with Crippen LogP contribution in [0.2, 0.25) is 0 Å². The Kier molecular flexibility index (Phi) is 4.17.